The van der Waals surface area contributed by atoms with Crippen LogP contribution in [0.2, 0.25) is 0 Å². The van der Waals surface area contributed by atoms with Crippen LogP contribution >= 0.6 is 11.8 Å². The first kappa shape index (κ1) is 27.5. The van der Waals surface area contributed by atoms with Gasteiger partial charge >= 0.3 is 11.9 Å². The molecule has 0 radical (unpaired) electrons. The number of benzene rings is 2. The molecule has 0 aliphatic rings. The van der Waals surface area contributed by atoms with Crippen LogP contribution in [0.4, 0.5) is 0 Å². The van der Waals surface area contributed by atoms with Crippen LogP contribution in [0, 0.1) is 0 Å². The first-order chi connectivity index (χ1) is 17.8. The maximum Gasteiger partial charge on any atom is 0.328 e. The number of aromatic amines is 1. The Balaban J connectivity index is 0.000000414. The number of ether oxygens (including phenoxy) is 1. The van der Waals surface area contributed by atoms with E-state index >= 15 is 0 Å². The summed E-state index contributed by atoms with van der Waals surface area (Å²) in [6, 6.07) is 16.0. The second kappa shape index (κ2) is 13.9. The summed E-state index contributed by atoms with van der Waals surface area (Å²) in [5.41, 5.74) is 3.27. The van der Waals surface area contributed by atoms with Crippen LogP contribution in [0.3, 0.4) is 0 Å². The lowest BCUT2D eigenvalue weighted by molar-refractivity contribution is -0.134. The smallest absolute Gasteiger partial charge is 0.328 e. The van der Waals surface area contributed by atoms with Crippen LogP contribution in [-0.4, -0.2) is 68.7 Å². The van der Waals surface area contributed by atoms with E-state index in [1.54, 1.807) is 11.8 Å². The number of carboxylic acid groups (broad SMARTS) is 2. The highest BCUT2D eigenvalue weighted by molar-refractivity contribution is 7.98. The maximum atomic E-state index is 9.55. The summed E-state index contributed by atoms with van der Waals surface area (Å²) in [6.07, 6.45) is 3.17. The molecule has 10 nitrogen and oxygen atoms in total. The molecular formula is C26H28N4O6S. The Morgan fingerprint density at radius 1 is 1.08 bits per heavy atom. The fraction of sp³-hybridized carbons (Fsp3) is 0.231. The SMILES string of the molecule is CN(C)Cc1c[nH]c2cc(-c3nnc(CSCCOc4ccccc4)o3)ccc12.O=C(O)/C=C\C(=O)O. The van der Waals surface area contributed by atoms with Crippen molar-refractivity contribution in [3.8, 4) is 17.2 Å². The minimum absolute atomic E-state index is 0.548. The van der Waals surface area contributed by atoms with Gasteiger partial charge in [-0.05, 0) is 43.9 Å². The van der Waals surface area contributed by atoms with E-state index in [0.29, 0.717) is 36.3 Å². The zero-order valence-corrected chi connectivity index (χ0v) is 21.3. The molecule has 0 aliphatic heterocycles. The number of fused-ring (bicyclic) bond motifs is 1. The molecule has 4 rings (SSSR count). The van der Waals surface area contributed by atoms with Crippen LogP contribution in [0.1, 0.15) is 11.5 Å². The predicted octanol–water partition coefficient (Wildman–Crippen LogP) is 4.30. The van der Waals surface area contributed by atoms with E-state index < -0.39 is 11.9 Å². The fourth-order valence-corrected chi connectivity index (χ4v) is 3.89. The topological polar surface area (TPSA) is 142 Å². The Kier molecular flexibility index (Phi) is 10.3. The molecule has 0 aliphatic carbocycles. The molecule has 2 aromatic carbocycles. The lowest BCUT2D eigenvalue weighted by Crippen LogP contribution is -2.09. The molecule has 3 N–H and O–H groups in total. The van der Waals surface area contributed by atoms with Crippen molar-refractivity contribution in [2.75, 3.05) is 26.5 Å². The van der Waals surface area contributed by atoms with Crippen molar-refractivity contribution in [3.63, 3.8) is 0 Å². The number of thioether (sulfide) groups is 1. The number of aromatic nitrogens is 3. The van der Waals surface area contributed by atoms with Gasteiger partial charge in [0.1, 0.15) is 5.75 Å². The molecule has 0 spiro atoms. The second-order valence-electron chi connectivity index (χ2n) is 8.04. The largest absolute Gasteiger partial charge is 0.493 e. The van der Waals surface area contributed by atoms with E-state index in [0.717, 1.165) is 29.1 Å². The van der Waals surface area contributed by atoms with Crippen molar-refractivity contribution in [1.29, 1.82) is 0 Å². The van der Waals surface area contributed by atoms with Crippen molar-refractivity contribution < 1.29 is 29.0 Å². The van der Waals surface area contributed by atoms with E-state index in [1.807, 2.05) is 36.4 Å². The van der Waals surface area contributed by atoms with Crippen LogP contribution in [-0.2, 0) is 21.9 Å². The van der Waals surface area contributed by atoms with E-state index in [1.165, 1.54) is 10.9 Å². The average molecular weight is 525 g/mol. The third-order valence-corrected chi connectivity index (χ3v) is 5.71. The zero-order valence-electron chi connectivity index (χ0n) is 20.5. The minimum Gasteiger partial charge on any atom is -0.493 e. The summed E-state index contributed by atoms with van der Waals surface area (Å²) >= 11 is 1.71. The molecule has 0 amide bonds. The van der Waals surface area contributed by atoms with Gasteiger partial charge in [-0.1, -0.05) is 24.3 Å². The first-order valence-corrected chi connectivity index (χ1v) is 12.4. The summed E-state index contributed by atoms with van der Waals surface area (Å²) in [5.74, 6) is 1.08. The molecule has 0 saturated heterocycles. The standard InChI is InChI=1S/C22H24N4O2S.C4H4O4/c1-26(2)14-17-13-23-20-12-16(8-9-19(17)20)22-25-24-21(28-22)15-29-11-10-27-18-6-4-3-5-7-18;5-3(6)1-2-4(7)8/h3-9,12-13,23H,10-11,14-15H2,1-2H3;1-2H,(H,5,6)(H,7,8)/b;2-1-. The number of nitrogens with one attached hydrogen (secondary N) is 1. The number of nitrogens with zero attached hydrogens (tertiary/aromatic N) is 3. The van der Waals surface area contributed by atoms with E-state index in [2.05, 4.69) is 52.5 Å². The number of H-pyrrole nitrogens is 1. The quantitative estimate of drug-likeness (QED) is 0.192. The molecule has 37 heavy (non-hydrogen) atoms. The van der Waals surface area contributed by atoms with Crippen molar-refractivity contribution in [3.05, 3.63) is 78.3 Å². The number of rotatable bonds is 11. The van der Waals surface area contributed by atoms with E-state index in [9.17, 15) is 9.59 Å². The van der Waals surface area contributed by atoms with Crippen molar-refractivity contribution >= 4 is 34.6 Å². The predicted molar refractivity (Wildman–Crippen MR) is 141 cm³/mol. The molecule has 0 atom stereocenters. The fourth-order valence-electron chi connectivity index (χ4n) is 3.26. The van der Waals surface area contributed by atoms with Gasteiger partial charge in [-0.15, -0.1) is 22.0 Å². The Hall–Kier alpha value is -4.09. The highest BCUT2D eigenvalue weighted by Gasteiger charge is 2.11. The van der Waals surface area contributed by atoms with Crippen LogP contribution in [0.5, 0.6) is 5.75 Å². The summed E-state index contributed by atoms with van der Waals surface area (Å²) in [5, 5.41) is 25.2. The second-order valence-corrected chi connectivity index (χ2v) is 9.14. The molecule has 2 heterocycles. The van der Waals surface area contributed by atoms with E-state index in [4.69, 9.17) is 19.4 Å². The van der Waals surface area contributed by atoms with Gasteiger partial charge in [0, 0.05) is 47.1 Å². The van der Waals surface area contributed by atoms with Gasteiger partial charge in [0.05, 0.1) is 12.4 Å². The normalized spacial score (nSPS) is 11.0. The molecule has 0 bridgehead atoms. The van der Waals surface area contributed by atoms with E-state index in [-0.39, 0.29) is 0 Å². The lowest BCUT2D eigenvalue weighted by atomic mass is 10.1. The molecular weight excluding hydrogens is 496 g/mol. The van der Waals surface area contributed by atoms with Crippen molar-refractivity contribution in [1.82, 2.24) is 20.1 Å². The van der Waals surface area contributed by atoms with Crippen molar-refractivity contribution in [2.24, 2.45) is 0 Å². The van der Waals surface area contributed by atoms with Crippen LogP contribution in [0.25, 0.3) is 22.4 Å². The number of carbonyl (C=O) groups is 2. The molecule has 2 aromatic heterocycles. The molecule has 0 fully saturated rings. The number of para-hydroxylation sites is 1. The van der Waals surface area contributed by atoms with Gasteiger partial charge in [0.25, 0.3) is 0 Å². The molecule has 4 aromatic rings. The Morgan fingerprint density at radius 3 is 2.49 bits per heavy atom. The number of carboxylic acids is 2. The van der Waals surface area contributed by atoms with Gasteiger partial charge < -0.3 is 29.3 Å². The monoisotopic (exact) mass is 524 g/mol. The molecule has 0 saturated carbocycles. The molecule has 0 unspecified atom stereocenters. The Morgan fingerprint density at radius 2 is 1.81 bits per heavy atom. The number of hydrogen-bond acceptors (Lipinski definition) is 8. The molecule has 194 valence electrons. The maximum absolute atomic E-state index is 9.55. The van der Waals surface area contributed by atoms with Gasteiger partial charge in [0.15, 0.2) is 0 Å². The van der Waals surface area contributed by atoms with Gasteiger partial charge in [-0.25, -0.2) is 9.59 Å². The zero-order chi connectivity index (χ0) is 26.6. The van der Waals surface area contributed by atoms with Gasteiger partial charge in [-0.2, -0.15) is 0 Å². The average Bonchev–Trinajstić information content (AvgIpc) is 3.50. The number of aliphatic carboxylic acids is 2. The summed E-state index contributed by atoms with van der Waals surface area (Å²) in [4.78, 5) is 24.6. The number of hydrogen-bond donors (Lipinski definition) is 3. The molecule has 11 heteroatoms. The Labute approximate surface area is 218 Å². The lowest BCUT2D eigenvalue weighted by Gasteiger charge is -2.07. The minimum atomic E-state index is -1.26. The van der Waals surface area contributed by atoms with Gasteiger partial charge in [0.2, 0.25) is 11.8 Å². The van der Waals surface area contributed by atoms with Gasteiger partial charge in [-0.3, -0.25) is 0 Å². The highest BCUT2D eigenvalue weighted by atomic mass is 32.2. The van der Waals surface area contributed by atoms with Crippen molar-refractivity contribution in [2.45, 2.75) is 12.3 Å². The first-order valence-electron chi connectivity index (χ1n) is 11.3. The third kappa shape index (κ3) is 9.13. The summed E-state index contributed by atoms with van der Waals surface area (Å²) in [7, 11) is 4.14. The highest BCUT2D eigenvalue weighted by Crippen LogP contribution is 2.26. The Bertz CT molecular complexity index is 1320. The third-order valence-electron chi connectivity index (χ3n) is 4.80. The van der Waals surface area contributed by atoms with Crippen LogP contribution in [0.15, 0.2) is 71.3 Å². The van der Waals surface area contributed by atoms with Crippen LogP contribution < -0.4 is 4.74 Å². The summed E-state index contributed by atoms with van der Waals surface area (Å²) in [6.45, 7) is 1.55. The summed E-state index contributed by atoms with van der Waals surface area (Å²) < 4.78 is 11.5.